The lowest BCUT2D eigenvalue weighted by molar-refractivity contribution is -0.113. The SMILES string of the molecule is Cc1sc2nc(C(C)C)n3c(SCC(=O)Nc4ccccc4)nnc3c2c1C. The Kier molecular flexibility index (Phi) is 5.07. The van der Waals surface area contributed by atoms with Gasteiger partial charge in [0.2, 0.25) is 5.91 Å². The highest BCUT2D eigenvalue weighted by Gasteiger charge is 2.21. The molecule has 8 heteroatoms. The van der Waals surface area contributed by atoms with Gasteiger partial charge < -0.3 is 5.32 Å². The fourth-order valence-electron chi connectivity index (χ4n) is 3.07. The van der Waals surface area contributed by atoms with Crippen LogP contribution >= 0.6 is 23.1 Å². The number of hydrogen-bond acceptors (Lipinski definition) is 6. The van der Waals surface area contributed by atoms with Crippen LogP contribution < -0.4 is 5.32 Å². The van der Waals surface area contributed by atoms with E-state index in [0.29, 0.717) is 5.16 Å². The van der Waals surface area contributed by atoms with Crippen LogP contribution in [0.15, 0.2) is 35.5 Å². The maximum atomic E-state index is 12.3. The molecule has 144 valence electrons. The maximum Gasteiger partial charge on any atom is 0.234 e. The van der Waals surface area contributed by atoms with Gasteiger partial charge in [0.1, 0.15) is 10.7 Å². The fourth-order valence-corrected chi connectivity index (χ4v) is 4.84. The summed E-state index contributed by atoms with van der Waals surface area (Å²) in [5, 5.41) is 13.5. The number of carbonyl (C=O) groups is 1. The van der Waals surface area contributed by atoms with Gasteiger partial charge in [0.25, 0.3) is 0 Å². The molecule has 0 saturated heterocycles. The van der Waals surface area contributed by atoms with Gasteiger partial charge in [-0.15, -0.1) is 21.5 Å². The Morgan fingerprint density at radius 2 is 1.96 bits per heavy atom. The van der Waals surface area contributed by atoms with Crippen LogP contribution in [0.3, 0.4) is 0 Å². The van der Waals surface area contributed by atoms with E-state index in [4.69, 9.17) is 4.98 Å². The van der Waals surface area contributed by atoms with Gasteiger partial charge in [0, 0.05) is 16.5 Å². The molecule has 4 aromatic rings. The van der Waals surface area contributed by atoms with Gasteiger partial charge in [-0.1, -0.05) is 43.8 Å². The molecule has 0 atom stereocenters. The van der Waals surface area contributed by atoms with Crippen LogP contribution in [0.4, 0.5) is 5.69 Å². The van der Waals surface area contributed by atoms with Crippen LogP contribution in [0.2, 0.25) is 0 Å². The van der Waals surface area contributed by atoms with Crippen LogP contribution in [-0.4, -0.2) is 31.2 Å². The topological polar surface area (TPSA) is 72.2 Å². The molecule has 1 N–H and O–H groups in total. The van der Waals surface area contributed by atoms with Crippen LogP contribution in [0, 0.1) is 13.8 Å². The summed E-state index contributed by atoms with van der Waals surface area (Å²) < 4.78 is 2.01. The number of hydrogen-bond donors (Lipinski definition) is 1. The molecule has 6 nitrogen and oxygen atoms in total. The summed E-state index contributed by atoms with van der Waals surface area (Å²) in [5.41, 5.74) is 2.80. The predicted molar refractivity (Wildman–Crippen MR) is 116 cm³/mol. The molecule has 0 bridgehead atoms. The van der Waals surface area contributed by atoms with E-state index in [2.05, 4.69) is 43.2 Å². The zero-order valence-corrected chi connectivity index (χ0v) is 17.8. The van der Waals surface area contributed by atoms with Crippen LogP contribution in [0.25, 0.3) is 15.9 Å². The highest BCUT2D eigenvalue weighted by molar-refractivity contribution is 7.99. The summed E-state index contributed by atoms with van der Waals surface area (Å²) in [4.78, 5) is 19.5. The first-order valence-corrected chi connectivity index (χ1v) is 10.9. The van der Waals surface area contributed by atoms with Gasteiger partial charge in [-0.25, -0.2) is 4.98 Å². The number of anilines is 1. The fraction of sp³-hybridized carbons (Fsp3) is 0.300. The normalized spacial score (nSPS) is 11.6. The molecule has 0 unspecified atom stereocenters. The number of benzene rings is 1. The lowest BCUT2D eigenvalue weighted by atomic mass is 10.2. The average molecular weight is 412 g/mol. The molecule has 0 fully saturated rings. The molecule has 1 amide bonds. The van der Waals surface area contributed by atoms with Crippen molar-refractivity contribution in [1.82, 2.24) is 19.6 Å². The molecular formula is C20H21N5OS2. The Morgan fingerprint density at radius 1 is 1.21 bits per heavy atom. The van der Waals surface area contributed by atoms with E-state index in [1.807, 2.05) is 34.7 Å². The standard InChI is InChI=1S/C20H21N5OS2/c1-11(2)17-22-19-16(12(3)13(4)28-19)18-23-24-20(25(17)18)27-10-15(26)21-14-8-6-5-7-9-14/h5-9,11H,10H2,1-4H3,(H,21,26). The number of fused-ring (bicyclic) bond motifs is 3. The number of carbonyl (C=O) groups excluding carboxylic acids is 1. The quantitative estimate of drug-likeness (QED) is 0.477. The second-order valence-electron chi connectivity index (χ2n) is 6.93. The number of thiophene rings is 1. The molecule has 3 heterocycles. The van der Waals surface area contributed by atoms with Gasteiger partial charge in [0.15, 0.2) is 10.8 Å². The summed E-state index contributed by atoms with van der Waals surface area (Å²) in [5.74, 6) is 1.31. The molecular weight excluding hydrogens is 390 g/mol. The van der Waals surface area contributed by atoms with Gasteiger partial charge in [0.05, 0.1) is 11.1 Å². The number of aromatic nitrogens is 4. The van der Waals surface area contributed by atoms with Gasteiger partial charge >= 0.3 is 0 Å². The minimum absolute atomic E-state index is 0.0735. The molecule has 0 spiro atoms. The van der Waals surface area contributed by atoms with Crippen molar-refractivity contribution < 1.29 is 4.79 Å². The Bertz CT molecular complexity index is 1160. The monoisotopic (exact) mass is 411 g/mol. The number of para-hydroxylation sites is 1. The summed E-state index contributed by atoms with van der Waals surface area (Å²) in [6.45, 7) is 8.42. The smallest absolute Gasteiger partial charge is 0.234 e. The third-order valence-corrected chi connectivity index (χ3v) is 6.61. The van der Waals surface area contributed by atoms with Crippen LogP contribution in [0.1, 0.15) is 36.0 Å². The molecule has 0 radical (unpaired) electrons. The van der Waals surface area contributed by atoms with Crippen molar-refractivity contribution in [2.24, 2.45) is 0 Å². The average Bonchev–Trinajstić information content (AvgIpc) is 3.21. The molecule has 0 aliphatic heterocycles. The highest BCUT2D eigenvalue weighted by Crippen LogP contribution is 2.34. The highest BCUT2D eigenvalue weighted by atomic mass is 32.2. The first-order valence-electron chi connectivity index (χ1n) is 9.08. The number of amides is 1. The van der Waals surface area contributed by atoms with E-state index in [1.165, 1.54) is 22.2 Å². The first-order chi connectivity index (χ1) is 13.5. The zero-order chi connectivity index (χ0) is 19.8. The maximum absolute atomic E-state index is 12.3. The predicted octanol–water partition coefficient (Wildman–Crippen LogP) is 4.81. The lowest BCUT2D eigenvalue weighted by Gasteiger charge is -2.10. The Balaban J connectivity index is 1.68. The zero-order valence-electron chi connectivity index (χ0n) is 16.2. The third-order valence-electron chi connectivity index (χ3n) is 4.58. The van der Waals surface area contributed by atoms with E-state index in [9.17, 15) is 4.79 Å². The molecule has 28 heavy (non-hydrogen) atoms. The van der Waals surface area contributed by atoms with Crippen molar-refractivity contribution in [1.29, 1.82) is 0 Å². The van der Waals surface area contributed by atoms with Crippen molar-refractivity contribution in [3.63, 3.8) is 0 Å². The molecule has 1 aromatic carbocycles. The van der Waals surface area contributed by atoms with E-state index in [-0.39, 0.29) is 17.6 Å². The van der Waals surface area contributed by atoms with Crippen molar-refractivity contribution in [2.45, 2.75) is 38.8 Å². The van der Waals surface area contributed by atoms with Crippen LogP contribution in [0.5, 0.6) is 0 Å². The van der Waals surface area contributed by atoms with E-state index < -0.39 is 0 Å². The summed E-state index contributed by atoms with van der Waals surface area (Å²) in [6, 6.07) is 9.45. The summed E-state index contributed by atoms with van der Waals surface area (Å²) in [6.07, 6.45) is 0. The summed E-state index contributed by atoms with van der Waals surface area (Å²) in [7, 11) is 0. The Hall–Kier alpha value is -2.45. The minimum atomic E-state index is -0.0735. The number of thioether (sulfide) groups is 1. The minimum Gasteiger partial charge on any atom is -0.325 e. The molecule has 4 rings (SSSR count). The van der Waals surface area contributed by atoms with Gasteiger partial charge in [-0.3, -0.25) is 9.20 Å². The number of nitrogens with zero attached hydrogens (tertiary/aromatic N) is 4. The number of aryl methyl sites for hydroxylation is 2. The first kappa shape index (κ1) is 18.9. The van der Waals surface area contributed by atoms with E-state index >= 15 is 0 Å². The van der Waals surface area contributed by atoms with E-state index in [1.54, 1.807) is 11.3 Å². The van der Waals surface area contributed by atoms with E-state index in [0.717, 1.165) is 27.4 Å². The molecule has 0 aliphatic carbocycles. The number of nitrogens with one attached hydrogen (secondary N) is 1. The van der Waals surface area contributed by atoms with Gasteiger partial charge in [-0.2, -0.15) is 0 Å². The Labute approximate surface area is 171 Å². The third kappa shape index (κ3) is 3.38. The molecule has 0 saturated carbocycles. The second-order valence-corrected chi connectivity index (χ2v) is 9.08. The summed E-state index contributed by atoms with van der Waals surface area (Å²) >= 11 is 3.07. The van der Waals surface area contributed by atoms with Crippen LogP contribution in [-0.2, 0) is 4.79 Å². The number of rotatable bonds is 5. The van der Waals surface area contributed by atoms with Crippen molar-refractivity contribution in [2.75, 3.05) is 11.1 Å². The Morgan fingerprint density at radius 3 is 2.68 bits per heavy atom. The van der Waals surface area contributed by atoms with Gasteiger partial charge in [-0.05, 0) is 31.5 Å². The van der Waals surface area contributed by atoms with Crippen molar-refractivity contribution in [3.8, 4) is 0 Å². The molecule has 0 aliphatic rings. The molecule has 3 aromatic heterocycles. The van der Waals surface area contributed by atoms with Crippen molar-refractivity contribution in [3.05, 3.63) is 46.6 Å². The van der Waals surface area contributed by atoms with Crippen molar-refractivity contribution >= 4 is 50.6 Å². The second kappa shape index (κ2) is 7.52. The largest absolute Gasteiger partial charge is 0.325 e. The lowest BCUT2D eigenvalue weighted by Crippen LogP contribution is -2.14.